The lowest BCUT2D eigenvalue weighted by Crippen LogP contribution is -2.45. The van der Waals surface area contributed by atoms with E-state index in [0.29, 0.717) is 18.5 Å². The summed E-state index contributed by atoms with van der Waals surface area (Å²) in [6, 6.07) is 1.89. The Morgan fingerprint density at radius 3 is 3.06 bits per heavy atom. The number of nitrogens with one attached hydrogen (secondary N) is 2. The normalized spacial score (nSPS) is 28.1. The fourth-order valence-electron chi connectivity index (χ4n) is 2.22. The molecule has 2 aliphatic rings. The smallest absolute Gasteiger partial charge is 0.256 e. The average Bonchev–Trinajstić information content (AvgIpc) is 2.86. The van der Waals surface area contributed by atoms with Gasteiger partial charge in [-0.3, -0.25) is 4.79 Å². The summed E-state index contributed by atoms with van der Waals surface area (Å²) in [4.78, 5) is 12.0. The molecule has 0 saturated carbocycles. The number of hydrogen-bond acceptors (Lipinski definition) is 5. The first kappa shape index (κ1) is 11.6. The molecule has 3 rings (SSSR count). The van der Waals surface area contributed by atoms with Crippen molar-refractivity contribution in [3.05, 3.63) is 12.3 Å². The minimum atomic E-state index is -0.548. The first-order valence-corrected chi connectivity index (χ1v) is 6.18. The van der Waals surface area contributed by atoms with Gasteiger partial charge >= 0.3 is 0 Å². The molecule has 0 unspecified atom stereocenters. The fourth-order valence-corrected chi connectivity index (χ4v) is 2.22. The Bertz CT molecular complexity index is 442. The van der Waals surface area contributed by atoms with E-state index in [1.807, 2.05) is 4.68 Å². The molecule has 1 aromatic rings. The first-order chi connectivity index (χ1) is 8.75. The van der Waals surface area contributed by atoms with Gasteiger partial charge in [0.25, 0.3) is 5.91 Å². The van der Waals surface area contributed by atoms with E-state index in [4.69, 9.17) is 10.5 Å². The van der Waals surface area contributed by atoms with E-state index >= 15 is 0 Å². The van der Waals surface area contributed by atoms with Crippen LogP contribution in [-0.2, 0) is 9.53 Å². The van der Waals surface area contributed by atoms with Crippen molar-refractivity contribution >= 4 is 11.7 Å². The summed E-state index contributed by atoms with van der Waals surface area (Å²) in [6.07, 6.45) is 1.86. The second-order valence-corrected chi connectivity index (χ2v) is 4.71. The topological polar surface area (TPSA) is 94.2 Å². The monoisotopic (exact) mass is 251 g/mol. The maximum absolute atomic E-state index is 12.0. The van der Waals surface area contributed by atoms with Crippen molar-refractivity contribution in [3.8, 4) is 0 Å². The second-order valence-electron chi connectivity index (χ2n) is 4.71. The van der Waals surface area contributed by atoms with Gasteiger partial charge in [0, 0.05) is 31.8 Å². The summed E-state index contributed by atoms with van der Waals surface area (Å²) < 4.78 is 7.17. The third-order valence-electron chi connectivity index (χ3n) is 3.42. The quantitative estimate of drug-likeness (QED) is 0.646. The molecular formula is C11H17N5O2. The zero-order valence-electron chi connectivity index (χ0n) is 10.0. The lowest BCUT2D eigenvalue weighted by atomic mass is 10.1. The maximum atomic E-state index is 12.0. The SMILES string of the molecule is N[C@@H]1CCO[C@@H]1C(=O)Nc1ccnn1C1CNC1. The van der Waals surface area contributed by atoms with Gasteiger partial charge < -0.3 is 21.1 Å². The van der Waals surface area contributed by atoms with Crippen LogP contribution in [0.4, 0.5) is 5.82 Å². The minimum absolute atomic E-state index is 0.186. The summed E-state index contributed by atoms with van der Waals surface area (Å²) in [7, 11) is 0. The highest BCUT2D eigenvalue weighted by Gasteiger charge is 2.32. The van der Waals surface area contributed by atoms with Gasteiger partial charge in [0.05, 0.1) is 12.2 Å². The lowest BCUT2D eigenvalue weighted by Gasteiger charge is -2.29. The van der Waals surface area contributed by atoms with Gasteiger partial charge in [-0.05, 0) is 6.42 Å². The van der Waals surface area contributed by atoms with Gasteiger partial charge in [0.1, 0.15) is 5.82 Å². The van der Waals surface area contributed by atoms with E-state index in [1.165, 1.54) is 0 Å². The molecule has 1 amide bonds. The number of carbonyl (C=O) groups excluding carboxylic acids is 1. The highest BCUT2D eigenvalue weighted by molar-refractivity contribution is 5.94. The number of nitrogens with two attached hydrogens (primary N) is 1. The van der Waals surface area contributed by atoms with Crippen LogP contribution in [0.2, 0.25) is 0 Å². The van der Waals surface area contributed by atoms with Gasteiger partial charge in [0.15, 0.2) is 6.10 Å². The highest BCUT2D eigenvalue weighted by Crippen LogP contribution is 2.19. The highest BCUT2D eigenvalue weighted by atomic mass is 16.5. The molecule has 0 radical (unpaired) electrons. The summed E-state index contributed by atoms with van der Waals surface area (Å²) in [5.74, 6) is 0.517. The van der Waals surface area contributed by atoms with E-state index in [9.17, 15) is 4.79 Å². The second kappa shape index (κ2) is 4.68. The van der Waals surface area contributed by atoms with Gasteiger partial charge in [-0.15, -0.1) is 0 Å². The summed E-state index contributed by atoms with van der Waals surface area (Å²) in [6.45, 7) is 2.30. The lowest BCUT2D eigenvalue weighted by molar-refractivity contribution is -0.125. The number of anilines is 1. The van der Waals surface area contributed by atoms with Crippen LogP contribution in [0.5, 0.6) is 0 Å². The van der Waals surface area contributed by atoms with Gasteiger partial charge in [-0.2, -0.15) is 5.10 Å². The number of amides is 1. The van der Waals surface area contributed by atoms with Crippen molar-refractivity contribution in [2.75, 3.05) is 25.0 Å². The van der Waals surface area contributed by atoms with Crippen molar-refractivity contribution in [1.29, 1.82) is 0 Å². The number of ether oxygens (including phenoxy) is 1. The molecule has 2 fully saturated rings. The molecule has 4 N–H and O–H groups in total. The molecule has 0 aliphatic carbocycles. The Kier molecular flexibility index (Phi) is 3.02. The van der Waals surface area contributed by atoms with Crippen molar-refractivity contribution in [2.45, 2.75) is 24.6 Å². The Morgan fingerprint density at radius 1 is 1.61 bits per heavy atom. The Labute approximate surface area is 105 Å². The van der Waals surface area contributed by atoms with Crippen LogP contribution in [0.15, 0.2) is 12.3 Å². The Hall–Kier alpha value is -1.44. The molecule has 1 aromatic heterocycles. The summed E-state index contributed by atoms with van der Waals surface area (Å²) >= 11 is 0. The summed E-state index contributed by atoms with van der Waals surface area (Å²) in [5, 5.41) is 10.2. The predicted octanol–water partition coefficient (Wildman–Crippen LogP) is -0.918. The van der Waals surface area contributed by atoms with Crippen molar-refractivity contribution in [2.24, 2.45) is 5.73 Å². The minimum Gasteiger partial charge on any atom is -0.367 e. The molecule has 7 nitrogen and oxygen atoms in total. The predicted molar refractivity (Wildman–Crippen MR) is 65.1 cm³/mol. The van der Waals surface area contributed by atoms with Crippen LogP contribution < -0.4 is 16.4 Å². The molecule has 2 saturated heterocycles. The van der Waals surface area contributed by atoms with Crippen LogP contribution in [-0.4, -0.2) is 47.5 Å². The summed E-state index contributed by atoms with van der Waals surface area (Å²) in [5.41, 5.74) is 5.83. The Balaban J connectivity index is 1.68. The molecule has 7 heteroatoms. The van der Waals surface area contributed by atoms with Crippen LogP contribution in [0.3, 0.4) is 0 Å². The Morgan fingerprint density at radius 2 is 2.44 bits per heavy atom. The molecular weight excluding hydrogens is 234 g/mol. The first-order valence-electron chi connectivity index (χ1n) is 6.18. The number of aromatic nitrogens is 2. The van der Waals surface area contributed by atoms with E-state index in [2.05, 4.69) is 15.7 Å². The van der Waals surface area contributed by atoms with E-state index in [1.54, 1.807) is 12.3 Å². The van der Waals surface area contributed by atoms with Crippen LogP contribution >= 0.6 is 0 Å². The number of carbonyl (C=O) groups is 1. The average molecular weight is 251 g/mol. The standard InChI is InChI=1S/C11H17N5O2/c12-8-2-4-18-10(8)11(17)15-9-1-3-14-16(9)7-5-13-6-7/h1,3,7-8,10,13H,2,4-6,12H2,(H,15,17)/t8-,10+/m1/s1. The maximum Gasteiger partial charge on any atom is 0.256 e. The van der Waals surface area contributed by atoms with Gasteiger partial charge in [-0.25, -0.2) is 4.68 Å². The molecule has 3 heterocycles. The van der Waals surface area contributed by atoms with Crippen molar-refractivity contribution in [1.82, 2.24) is 15.1 Å². The van der Waals surface area contributed by atoms with Crippen LogP contribution in [0, 0.1) is 0 Å². The van der Waals surface area contributed by atoms with Crippen molar-refractivity contribution in [3.63, 3.8) is 0 Å². The zero-order valence-corrected chi connectivity index (χ0v) is 10.0. The van der Waals surface area contributed by atoms with Crippen LogP contribution in [0.25, 0.3) is 0 Å². The number of rotatable bonds is 3. The van der Waals surface area contributed by atoms with Crippen LogP contribution in [0.1, 0.15) is 12.5 Å². The third kappa shape index (κ3) is 2.00. The van der Waals surface area contributed by atoms with E-state index in [0.717, 1.165) is 19.5 Å². The molecule has 18 heavy (non-hydrogen) atoms. The van der Waals surface area contributed by atoms with Gasteiger partial charge in [0.2, 0.25) is 0 Å². The zero-order chi connectivity index (χ0) is 12.5. The molecule has 0 spiro atoms. The molecule has 0 aromatic carbocycles. The molecule has 98 valence electrons. The van der Waals surface area contributed by atoms with E-state index in [-0.39, 0.29) is 11.9 Å². The van der Waals surface area contributed by atoms with Gasteiger partial charge in [-0.1, -0.05) is 0 Å². The fraction of sp³-hybridized carbons (Fsp3) is 0.636. The van der Waals surface area contributed by atoms with E-state index < -0.39 is 6.10 Å². The third-order valence-corrected chi connectivity index (χ3v) is 3.42. The number of hydrogen-bond donors (Lipinski definition) is 3. The van der Waals surface area contributed by atoms with Crippen molar-refractivity contribution < 1.29 is 9.53 Å². The molecule has 2 atom stereocenters. The largest absolute Gasteiger partial charge is 0.367 e. The number of nitrogens with zero attached hydrogens (tertiary/aromatic N) is 2. The molecule has 0 bridgehead atoms. The molecule has 2 aliphatic heterocycles.